The minimum absolute atomic E-state index is 0.116. The molecule has 2 aromatic rings. The smallest absolute Gasteiger partial charge is 0.314 e. The number of benzene rings is 2. The summed E-state index contributed by atoms with van der Waals surface area (Å²) in [5.74, 6) is -1.86. The highest BCUT2D eigenvalue weighted by molar-refractivity contribution is 8.03. The number of phenolic OH excluding ortho intramolecular Hbond substituents is 1. The maximum Gasteiger partial charge on any atom is 0.314 e. The van der Waals surface area contributed by atoms with E-state index in [2.05, 4.69) is 10.6 Å². The fraction of sp³-hybridized carbons (Fsp3) is 0.0625. The van der Waals surface area contributed by atoms with E-state index in [1.165, 1.54) is 6.07 Å². The molecule has 116 valence electrons. The summed E-state index contributed by atoms with van der Waals surface area (Å²) in [7, 11) is 0. The molecule has 0 aliphatic rings. The second-order valence-electron chi connectivity index (χ2n) is 4.65. The minimum Gasteiger partial charge on any atom is -0.506 e. The van der Waals surface area contributed by atoms with E-state index in [1.54, 1.807) is 43.3 Å². The lowest BCUT2D eigenvalue weighted by Crippen LogP contribution is -2.29. The highest BCUT2D eigenvalue weighted by Crippen LogP contribution is 2.24. The highest BCUT2D eigenvalue weighted by atomic mass is 32.2. The highest BCUT2D eigenvalue weighted by Gasteiger charge is 2.15. The number of aromatic hydroxyl groups is 1. The zero-order valence-electron chi connectivity index (χ0n) is 12.2. The van der Waals surface area contributed by atoms with E-state index in [-0.39, 0.29) is 11.4 Å². The molecule has 0 fully saturated rings. The van der Waals surface area contributed by atoms with Crippen molar-refractivity contribution in [1.29, 1.82) is 5.26 Å². The van der Waals surface area contributed by atoms with Crippen LogP contribution in [0.5, 0.6) is 5.75 Å². The Labute approximate surface area is 137 Å². The van der Waals surface area contributed by atoms with Crippen LogP contribution in [0.25, 0.3) is 0 Å². The fourth-order valence-corrected chi connectivity index (χ4v) is 2.15. The van der Waals surface area contributed by atoms with Crippen LogP contribution in [0.1, 0.15) is 5.56 Å². The quantitative estimate of drug-likeness (QED) is 0.348. The Morgan fingerprint density at radius 3 is 2.39 bits per heavy atom. The first-order valence-electron chi connectivity index (χ1n) is 6.57. The third-order valence-electron chi connectivity index (χ3n) is 2.88. The first kappa shape index (κ1) is 16.4. The Morgan fingerprint density at radius 1 is 1.09 bits per heavy atom. The molecule has 0 aliphatic carbocycles. The number of nitrogens with zero attached hydrogens (tertiary/aromatic N) is 1. The number of thioether (sulfide) groups is 1. The Hall–Kier alpha value is -2.98. The maximum atomic E-state index is 11.9. The van der Waals surface area contributed by atoms with Crippen molar-refractivity contribution in [2.45, 2.75) is 11.8 Å². The average Bonchev–Trinajstić information content (AvgIpc) is 2.53. The summed E-state index contributed by atoms with van der Waals surface area (Å²) in [6.07, 6.45) is 0. The minimum atomic E-state index is -0.888. The topological polar surface area (TPSA) is 102 Å². The molecular formula is C16H13N3O3S. The van der Waals surface area contributed by atoms with Crippen LogP contribution in [0.2, 0.25) is 0 Å². The van der Waals surface area contributed by atoms with Crippen LogP contribution >= 0.6 is 11.8 Å². The number of amides is 2. The van der Waals surface area contributed by atoms with E-state index >= 15 is 0 Å². The van der Waals surface area contributed by atoms with Gasteiger partial charge in [-0.25, -0.2) is 0 Å². The summed E-state index contributed by atoms with van der Waals surface area (Å²) in [4.78, 5) is 24.5. The van der Waals surface area contributed by atoms with Gasteiger partial charge in [-0.2, -0.15) is 5.26 Å². The molecule has 0 atom stereocenters. The van der Waals surface area contributed by atoms with E-state index < -0.39 is 11.8 Å². The van der Waals surface area contributed by atoms with Crippen LogP contribution < -0.4 is 10.6 Å². The van der Waals surface area contributed by atoms with E-state index in [1.807, 2.05) is 5.40 Å². The van der Waals surface area contributed by atoms with Gasteiger partial charge in [-0.3, -0.25) is 9.59 Å². The van der Waals surface area contributed by atoms with Crippen molar-refractivity contribution in [3.63, 3.8) is 0 Å². The van der Waals surface area contributed by atoms with Gasteiger partial charge in [0.25, 0.3) is 0 Å². The van der Waals surface area contributed by atoms with Crippen LogP contribution in [0.15, 0.2) is 47.4 Å². The molecule has 0 spiro atoms. The predicted octanol–water partition coefficient (Wildman–Crippen LogP) is 2.85. The van der Waals surface area contributed by atoms with Crippen molar-refractivity contribution in [3.05, 3.63) is 48.0 Å². The van der Waals surface area contributed by atoms with Crippen LogP contribution in [0, 0.1) is 17.6 Å². The molecule has 0 aromatic heterocycles. The third-order valence-corrected chi connectivity index (χ3v) is 3.48. The van der Waals surface area contributed by atoms with Crippen LogP contribution in [-0.4, -0.2) is 16.9 Å². The molecule has 0 aliphatic heterocycles. The molecule has 3 N–H and O–H groups in total. The van der Waals surface area contributed by atoms with Gasteiger partial charge >= 0.3 is 11.8 Å². The van der Waals surface area contributed by atoms with Crippen molar-refractivity contribution >= 4 is 35.0 Å². The SMILES string of the molecule is Cc1ccc(O)c(NC(=O)C(=O)Nc2ccc(SC#N)cc2)c1. The maximum absolute atomic E-state index is 11.9. The second kappa shape index (κ2) is 7.33. The standard InChI is InChI=1S/C16H13N3O3S/c1-10-2-7-14(20)13(8-10)19-16(22)15(21)18-11-3-5-12(6-4-11)23-9-17/h2-8,20H,1H3,(H,18,21)(H,19,22). The number of nitrogens with one attached hydrogen (secondary N) is 2. The Balaban J connectivity index is 2.01. The fourth-order valence-electron chi connectivity index (χ4n) is 1.78. The van der Waals surface area contributed by atoms with Gasteiger partial charge in [0.1, 0.15) is 11.2 Å². The van der Waals surface area contributed by atoms with Crippen molar-refractivity contribution in [2.24, 2.45) is 0 Å². The molecular weight excluding hydrogens is 314 g/mol. The van der Waals surface area contributed by atoms with Gasteiger partial charge in [-0.1, -0.05) is 6.07 Å². The van der Waals surface area contributed by atoms with Crippen molar-refractivity contribution in [1.82, 2.24) is 0 Å². The third kappa shape index (κ3) is 4.49. The molecule has 2 rings (SSSR count). The van der Waals surface area contributed by atoms with Gasteiger partial charge in [0.2, 0.25) is 0 Å². The van der Waals surface area contributed by atoms with Crippen molar-refractivity contribution in [3.8, 4) is 11.2 Å². The number of nitriles is 1. The normalized spacial score (nSPS) is 9.74. The molecule has 0 saturated heterocycles. The molecule has 0 saturated carbocycles. The molecule has 2 aromatic carbocycles. The summed E-state index contributed by atoms with van der Waals surface area (Å²) < 4.78 is 0. The van der Waals surface area contributed by atoms with E-state index in [0.29, 0.717) is 5.69 Å². The largest absolute Gasteiger partial charge is 0.506 e. The van der Waals surface area contributed by atoms with Crippen molar-refractivity contribution < 1.29 is 14.7 Å². The molecule has 6 nitrogen and oxygen atoms in total. The summed E-state index contributed by atoms with van der Waals surface area (Å²) in [6.45, 7) is 1.80. The monoisotopic (exact) mass is 327 g/mol. The Bertz CT molecular complexity index is 782. The Kier molecular flexibility index (Phi) is 5.23. The predicted molar refractivity (Wildman–Crippen MR) is 88.0 cm³/mol. The van der Waals surface area contributed by atoms with Gasteiger partial charge in [0.15, 0.2) is 0 Å². The molecule has 0 bridgehead atoms. The molecule has 0 heterocycles. The zero-order chi connectivity index (χ0) is 16.8. The number of carbonyl (C=O) groups excluding carboxylic acids is 2. The van der Waals surface area contributed by atoms with Crippen molar-refractivity contribution in [2.75, 3.05) is 10.6 Å². The van der Waals surface area contributed by atoms with Crippen LogP contribution in [0.3, 0.4) is 0 Å². The number of hydrogen-bond acceptors (Lipinski definition) is 5. The van der Waals surface area contributed by atoms with Crippen LogP contribution in [0.4, 0.5) is 11.4 Å². The number of rotatable bonds is 3. The first-order chi connectivity index (χ1) is 11.0. The molecule has 0 radical (unpaired) electrons. The first-order valence-corrected chi connectivity index (χ1v) is 7.39. The second-order valence-corrected chi connectivity index (χ2v) is 5.50. The van der Waals surface area contributed by atoms with Gasteiger partial charge in [-0.05, 0) is 60.6 Å². The lowest BCUT2D eigenvalue weighted by atomic mass is 10.2. The summed E-state index contributed by atoms with van der Waals surface area (Å²) in [5, 5.41) is 25.0. The Morgan fingerprint density at radius 2 is 1.74 bits per heavy atom. The number of phenols is 1. The number of anilines is 2. The van der Waals surface area contributed by atoms with Gasteiger partial charge < -0.3 is 15.7 Å². The summed E-state index contributed by atoms with van der Waals surface area (Å²) in [6, 6.07) is 11.2. The number of aryl methyl sites for hydroxylation is 1. The van der Waals surface area contributed by atoms with E-state index in [9.17, 15) is 14.7 Å². The lowest BCUT2D eigenvalue weighted by Gasteiger charge is -2.09. The lowest BCUT2D eigenvalue weighted by molar-refractivity contribution is -0.133. The van der Waals surface area contributed by atoms with Gasteiger partial charge in [0.05, 0.1) is 5.69 Å². The average molecular weight is 327 g/mol. The van der Waals surface area contributed by atoms with E-state index in [0.717, 1.165) is 22.2 Å². The summed E-state index contributed by atoms with van der Waals surface area (Å²) >= 11 is 1.000. The van der Waals surface area contributed by atoms with Gasteiger partial charge in [-0.15, -0.1) is 0 Å². The van der Waals surface area contributed by atoms with E-state index in [4.69, 9.17) is 5.26 Å². The zero-order valence-corrected chi connectivity index (χ0v) is 13.0. The molecule has 0 unspecified atom stereocenters. The molecule has 2 amide bonds. The van der Waals surface area contributed by atoms with Gasteiger partial charge in [0, 0.05) is 10.6 Å². The summed E-state index contributed by atoms with van der Waals surface area (Å²) in [5.41, 5.74) is 1.44. The number of carbonyl (C=O) groups is 2. The number of thiocyanates is 1. The molecule has 23 heavy (non-hydrogen) atoms. The number of hydrogen-bond donors (Lipinski definition) is 3. The molecule has 7 heteroatoms. The van der Waals surface area contributed by atoms with Crippen LogP contribution in [-0.2, 0) is 9.59 Å².